The molecule has 0 aromatic heterocycles. The summed E-state index contributed by atoms with van der Waals surface area (Å²) in [5, 5.41) is 1.90. The first-order valence-electron chi connectivity index (χ1n) is 4.60. The summed E-state index contributed by atoms with van der Waals surface area (Å²) in [5.41, 5.74) is 0. The Hall–Kier alpha value is -0.120. The van der Waals surface area contributed by atoms with E-state index < -0.39 is 0 Å². The maximum atomic E-state index is 5.58. The lowest BCUT2D eigenvalue weighted by Crippen LogP contribution is -2.62. The molecule has 64 valence electrons. The second-order valence-corrected chi connectivity index (χ2v) is 3.70. The van der Waals surface area contributed by atoms with E-state index in [0.717, 1.165) is 19.1 Å². The number of likely N-dealkylation sites (tertiary alicyclic amines) is 1. The SMILES string of the molecule is NN1CC(N2CCCCC2)C1. The molecule has 0 bridgehead atoms. The number of hydrazine groups is 1. The van der Waals surface area contributed by atoms with Gasteiger partial charge in [0.2, 0.25) is 0 Å². The van der Waals surface area contributed by atoms with Crippen molar-refractivity contribution in [2.75, 3.05) is 26.2 Å². The van der Waals surface area contributed by atoms with Crippen molar-refractivity contribution in [3.8, 4) is 0 Å². The first kappa shape index (κ1) is 7.53. The van der Waals surface area contributed by atoms with Gasteiger partial charge in [-0.2, -0.15) is 0 Å². The van der Waals surface area contributed by atoms with Gasteiger partial charge in [-0.1, -0.05) is 6.42 Å². The van der Waals surface area contributed by atoms with Crippen molar-refractivity contribution < 1.29 is 0 Å². The summed E-state index contributed by atoms with van der Waals surface area (Å²) in [5.74, 6) is 5.58. The van der Waals surface area contributed by atoms with Crippen LogP contribution in [0.15, 0.2) is 0 Å². The van der Waals surface area contributed by atoms with Gasteiger partial charge >= 0.3 is 0 Å². The summed E-state index contributed by atoms with van der Waals surface area (Å²) < 4.78 is 0. The Morgan fingerprint density at radius 3 is 2.18 bits per heavy atom. The summed E-state index contributed by atoms with van der Waals surface area (Å²) in [6, 6.07) is 0.778. The van der Waals surface area contributed by atoms with Gasteiger partial charge in [-0.05, 0) is 25.9 Å². The van der Waals surface area contributed by atoms with E-state index in [-0.39, 0.29) is 0 Å². The lowest BCUT2D eigenvalue weighted by Gasteiger charge is -2.44. The zero-order valence-corrected chi connectivity index (χ0v) is 7.00. The molecule has 0 amide bonds. The first-order valence-corrected chi connectivity index (χ1v) is 4.60. The molecule has 3 nitrogen and oxygen atoms in total. The molecule has 0 spiro atoms. The summed E-state index contributed by atoms with van der Waals surface area (Å²) in [7, 11) is 0. The van der Waals surface area contributed by atoms with Crippen LogP contribution in [0.5, 0.6) is 0 Å². The molecule has 2 N–H and O–H groups in total. The van der Waals surface area contributed by atoms with Crippen molar-refractivity contribution in [3.63, 3.8) is 0 Å². The second-order valence-electron chi connectivity index (χ2n) is 3.70. The zero-order chi connectivity index (χ0) is 7.68. The van der Waals surface area contributed by atoms with Crippen LogP contribution in [0.3, 0.4) is 0 Å². The normalized spacial score (nSPS) is 30.3. The fourth-order valence-electron chi connectivity index (χ4n) is 2.00. The maximum absolute atomic E-state index is 5.58. The van der Waals surface area contributed by atoms with E-state index >= 15 is 0 Å². The smallest absolute Gasteiger partial charge is 0.0378 e. The average molecular weight is 155 g/mol. The molecule has 0 saturated carbocycles. The molecular formula is C8H17N3. The number of hydrogen-bond acceptors (Lipinski definition) is 3. The van der Waals surface area contributed by atoms with Gasteiger partial charge in [0.1, 0.15) is 0 Å². The van der Waals surface area contributed by atoms with Crippen molar-refractivity contribution in [3.05, 3.63) is 0 Å². The van der Waals surface area contributed by atoms with Crippen LogP contribution in [0, 0.1) is 0 Å². The average Bonchev–Trinajstić information content (AvgIpc) is 2.01. The predicted molar refractivity (Wildman–Crippen MR) is 45.0 cm³/mol. The molecule has 0 atom stereocenters. The molecule has 0 aromatic rings. The molecule has 2 aliphatic rings. The molecule has 2 rings (SSSR count). The highest BCUT2D eigenvalue weighted by Gasteiger charge is 2.30. The lowest BCUT2D eigenvalue weighted by atomic mass is 10.0. The van der Waals surface area contributed by atoms with Crippen LogP contribution in [0.2, 0.25) is 0 Å². The Bertz CT molecular complexity index is 125. The molecule has 2 heterocycles. The number of piperidine rings is 1. The summed E-state index contributed by atoms with van der Waals surface area (Å²) in [6.45, 7) is 4.77. The Balaban J connectivity index is 1.76. The molecule has 2 aliphatic heterocycles. The topological polar surface area (TPSA) is 32.5 Å². The first-order chi connectivity index (χ1) is 5.36. The molecule has 0 aliphatic carbocycles. The number of nitrogens with zero attached hydrogens (tertiary/aromatic N) is 2. The third-order valence-electron chi connectivity index (χ3n) is 2.80. The van der Waals surface area contributed by atoms with Gasteiger partial charge < -0.3 is 0 Å². The molecule has 0 aromatic carbocycles. The number of hydrogen-bond donors (Lipinski definition) is 1. The van der Waals surface area contributed by atoms with Gasteiger partial charge in [0.25, 0.3) is 0 Å². The van der Waals surface area contributed by atoms with E-state index in [1.165, 1.54) is 32.4 Å². The molecule has 11 heavy (non-hydrogen) atoms. The third kappa shape index (κ3) is 1.55. The highest BCUT2D eigenvalue weighted by molar-refractivity contribution is 4.86. The predicted octanol–water partition coefficient (Wildman–Crippen LogP) is 0.0302. The summed E-state index contributed by atoms with van der Waals surface area (Å²) >= 11 is 0. The van der Waals surface area contributed by atoms with E-state index in [9.17, 15) is 0 Å². The Morgan fingerprint density at radius 2 is 1.64 bits per heavy atom. The van der Waals surface area contributed by atoms with Crippen LogP contribution in [0.4, 0.5) is 0 Å². The zero-order valence-electron chi connectivity index (χ0n) is 7.00. The van der Waals surface area contributed by atoms with Gasteiger partial charge in [0, 0.05) is 19.1 Å². The van der Waals surface area contributed by atoms with Gasteiger partial charge in [-0.3, -0.25) is 10.7 Å². The van der Waals surface area contributed by atoms with Gasteiger partial charge in [-0.15, -0.1) is 0 Å². The molecule has 0 radical (unpaired) electrons. The fraction of sp³-hybridized carbons (Fsp3) is 1.00. The van der Waals surface area contributed by atoms with E-state index in [2.05, 4.69) is 4.90 Å². The van der Waals surface area contributed by atoms with Crippen LogP contribution in [-0.2, 0) is 0 Å². The van der Waals surface area contributed by atoms with Crippen molar-refractivity contribution in [1.29, 1.82) is 0 Å². The minimum atomic E-state index is 0.778. The van der Waals surface area contributed by atoms with E-state index in [4.69, 9.17) is 5.84 Å². The van der Waals surface area contributed by atoms with Gasteiger partial charge in [-0.25, -0.2) is 5.01 Å². The van der Waals surface area contributed by atoms with E-state index in [1.54, 1.807) is 0 Å². The van der Waals surface area contributed by atoms with Crippen molar-refractivity contribution >= 4 is 0 Å². The van der Waals surface area contributed by atoms with Gasteiger partial charge in [0.15, 0.2) is 0 Å². The minimum Gasteiger partial charge on any atom is -0.298 e. The van der Waals surface area contributed by atoms with Crippen LogP contribution in [-0.4, -0.2) is 42.1 Å². The van der Waals surface area contributed by atoms with Crippen LogP contribution >= 0.6 is 0 Å². The summed E-state index contributed by atoms with van der Waals surface area (Å²) in [4.78, 5) is 2.59. The minimum absolute atomic E-state index is 0.778. The Morgan fingerprint density at radius 1 is 1.00 bits per heavy atom. The van der Waals surface area contributed by atoms with Crippen molar-refractivity contribution in [2.45, 2.75) is 25.3 Å². The fourth-order valence-corrected chi connectivity index (χ4v) is 2.00. The van der Waals surface area contributed by atoms with Crippen LogP contribution in [0.1, 0.15) is 19.3 Å². The third-order valence-corrected chi connectivity index (χ3v) is 2.80. The monoisotopic (exact) mass is 155 g/mol. The van der Waals surface area contributed by atoms with E-state index in [0.29, 0.717) is 0 Å². The molecule has 3 heteroatoms. The molecule has 2 saturated heterocycles. The number of rotatable bonds is 1. The van der Waals surface area contributed by atoms with Crippen molar-refractivity contribution in [2.24, 2.45) is 5.84 Å². The molecule has 2 fully saturated rings. The standard InChI is InChI=1S/C8H17N3/c9-11-6-8(7-11)10-4-2-1-3-5-10/h8H,1-7,9H2. The second kappa shape index (κ2) is 3.09. The summed E-state index contributed by atoms with van der Waals surface area (Å²) in [6.07, 6.45) is 4.21. The Kier molecular flexibility index (Phi) is 2.11. The van der Waals surface area contributed by atoms with Crippen molar-refractivity contribution in [1.82, 2.24) is 9.91 Å². The van der Waals surface area contributed by atoms with Crippen LogP contribution in [0.25, 0.3) is 0 Å². The maximum Gasteiger partial charge on any atom is 0.0378 e. The van der Waals surface area contributed by atoms with Crippen LogP contribution < -0.4 is 5.84 Å². The van der Waals surface area contributed by atoms with Gasteiger partial charge in [0.05, 0.1) is 0 Å². The molecular weight excluding hydrogens is 138 g/mol. The number of nitrogens with two attached hydrogens (primary N) is 1. The van der Waals surface area contributed by atoms with E-state index in [1.807, 2.05) is 5.01 Å². The largest absolute Gasteiger partial charge is 0.298 e. The highest BCUT2D eigenvalue weighted by Crippen LogP contribution is 2.17. The quantitative estimate of drug-likeness (QED) is 0.542. The Labute approximate surface area is 68.1 Å². The molecule has 0 unspecified atom stereocenters. The lowest BCUT2D eigenvalue weighted by molar-refractivity contribution is 0.0233. The highest BCUT2D eigenvalue weighted by atomic mass is 15.5.